The molecular weight excluding hydrogens is 310 g/mol. The van der Waals surface area contributed by atoms with E-state index in [0.717, 1.165) is 10.0 Å². The molecule has 0 radical (unpaired) electrons. The smallest absolute Gasteiger partial charge is 0.253 e. The van der Waals surface area contributed by atoms with Crippen LogP contribution >= 0.6 is 15.9 Å². The molecule has 0 fully saturated rings. The van der Waals surface area contributed by atoms with Gasteiger partial charge in [0, 0.05) is 29.0 Å². The number of aryl methyl sites for hydroxylation is 1. The standard InChI is InChI=1S/C14H20BrNO3/c1-10-6-11(15)4-5-12(10)13(19)16(3)7-14(2,8-17)9-18/h4-6,17-18H,7-9H2,1-3H3. The average Bonchev–Trinajstić information content (AvgIpc) is 2.37. The molecule has 0 bridgehead atoms. The highest BCUT2D eigenvalue weighted by Gasteiger charge is 2.27. The summed E-state index contributed by atoms with van der Waals surface area (Å²) in [5.41, 5.74) is 0.832. The van der Waals surface area contributed by atoms with E-state index in [1.807, 2.05) is 19.1 Å². The van der Waals surface area contributed by atoms with Crippen LogP contribution in [0.1, 0.15) is 22.8 Å². The second-order valence-electron chi connectivity index (χ2n) is 5.25. The molecule has 4 nitrogen and oxygen atoms in total. The minimum Gasteiger partial charge on any atom is -0.396 e. The van der Waals surface area contributed by atoms with Gasteiger partial charge in [0.05, 0.1) is 13.2 Å². The number of halogens is 1. The molecule has 1 rings (SSSR count). The highest BCUT2D eigenvalue weighted by Crippen LogP contribution is 2.20. The molecule has 0 aliphatic rings. The molecule has 0 unspecified atom stereocenters. The first-order valence-electron chi connectivity index (χ1n) is 6.06. The summed E-state index contributed by atoms with van der Waals surface area (Å²) in [7, 11) is 1.67. The van der Waals surface area contributed by atoms with Gasteiger partial charge < -0.3 is 15.1 Å². The summed E-state index contributed by atoms with van der Waals surface area (Å²) >= 11 is 3.36. The van der Waals surface area contributed by atoms with Crippen LogP contribution in [0.5, 0.6) is 0 Å². The van der Waals surface area contributed by atoms with Crippen LogP contribution in [-0.4, -0.2) is 47.8 Å². The van der Waals surface area contributed by atoms with Crippen LogP contribution in [0, 0.1) is 12.3 Å². The summed E-state index contributed by atoms with van der Waals surface area (Å²) in [4.78, 5) is 13.9. The summed E-state index contributed by atoms with van der Waals surface area (Å²) in [5.74, 6) is -0.113. The van der Waals surface area contributed by atoms with Gasteiger partial charge in [-0.2, -0.15) is 0 Å². The topological polar surface area (TPSA) is 60.8 Å². The van der Waals surface area contributed by atoms with E-state index < -0.39 is 5.41 Å². The molecule has 0 saturated carbocycles. The van der Waals surface area contributed by atoms with Crippen molar-refractivity contribution in [2.75, 3.05) is 26.8 Å². The van der Waals surface area contributed by atoms with E-state index in [0.29, 0.717) is 12.1 Å². The van der Waals surface area contributed by atoms with Gasteiger partial charge in [0.1, 0.15) is 0 Å². The van der Waals surface area contributed by atoms with Gasteiger partial charge in [0.25, 0.3) is 5.91 Å². The molecule has 1 amide bonds. The van der Waals surface area contributed by atoms with Crippen LogP contribution in [0.25, 0.3) is 0 Å². The molecule has 0 aromatic heterocycles. The minimum absolute atomic E-state index is 0.113. The number of amides is 1. The maximum Gasteiger partial charge on any atom is 0.253 e. The lowest BCUT2D eigenvalue weighted by Crippen LogP contribution is -2.41. The Balaban J connectivity index is 2.88. The number of rotatable bonds is 5. The van der Waals surface area contributed by atoms with E-state index in [9.17, 15) is 15.0 Å². The van der Waals surface area contributed by atoms with E-state index in [1.54, 1.807) is 20.0 Å². The predicted molar refractivity (Wildman–Crippen MR) is 78.1 cm³/mol. The second kappa shape index (κ2) is 6.50. The molecule has 0 saturated heterocycles. The Bertz CT molecular complexity index is 458. The SMILES string of the molecule is Cc1cc(Br)ccc1C(=O)N(C)CC(C)(CO)CO. The lowest BCUT2D eigenvalue weighted by Gasteiger charge is -2.30. The van der Waals surface area contributed by atoms with E-state index in [-0.39, 0.29) is 19.1 Å². The summed E-state index contributed by atoms with van der Waals surface area (Å²) < 4.78 is 0.930. The molecule has 1 aromatic rings. The fraction of sp³-hybridized carbons (Fsp3) is 0.500. The van der Waals surface area contributed by atoms with Crippen LogP contribution in [0.15, 0.2) is 22.7 Å². The molecule has 2 N–H and O–H groups in total. The Kier molecular flexibility index (Phi) is 5.52. The zero-order valence-corrected chi connectivity index (χ0v) is 13.1. The summed E-state index contributed by atoms with van der Waals surface area (Å²) in [6.07, 6.45) is 0. The number of hydrogen-bond donors (Lipinski definition) is 2. The number of aliphatic hydroxyl groups is 2. The molecule has 19 heavy (non-hydrogen) atoms. The van der Waals surface area contributed by atoms with Gasteiger partial charge in [0.15, 0.2) is 0 Å². The van der Waals surface area contributed by atoms with Crippen molar-refractivity contribution in [3.8, 4) is 0 Å². The third-order valence-electron chi connectivity index (χ3n) is 3.15. The van der Waals surface area contributed by atoms with Crippen molar-refractivity contribution in [2.24, 2.45) is 5.41 Å². The summed E-state index contributed by atoms with van der Waals surface area (Å²) in [6.45, 7) is 3.59. The Morgan fingerprint density at radius 3 is 2.42 bits per heavy atom. The zero-order chi connectivity index (χ0) is 14.6. The quantitative estimate of drug-likeness (QED) is 0.866. The average molecular weight is 330 g/mol. The lowest BCUT2D eigenvalue weighted by atomic mass is 9.92. The molecule has 106 valence electrons. The van der Waals surface area contributed by atoms with Crippen LogP contribution in [0.4, 0.5) is 0 Å². The van der Waals surface area contributed by atoms with Gasteiger partial charge >= 0.3 is 0 Å². The molecule has 0 atom stereocenters. The number of benzene rings is 1. The Hall–Kier alpha value is -0.910. The monoisotopic (exact) mass is 329 g/mol. The van der Waals surface area contributed by atoms with Crippen molar-refractivity contribution in [1.82, 2.24) is 4.90 Å². The third kappa shape index (κ3) is 4.03. The number of carbonyl (C=O) groups is 1. The van der Waals surface area contributed by atoms with Crippen LogP contribution in [0.2, 0.25) is 0 Å². The lowest BCUT2D eigenvalue weighted by molar-refractivity contribution is 0.0366. The van der Waals surface area contributed by atoms with Crippen LogP contribution in [-0.2, 0) is 0 Å². The molecule has 1 aromatic carbocycles. The maximum atomic E-state index is 12.3. The second-order valence-corrected chi connectivity index (χ2v) is 6.16. The van der Waals surface area contributed by atoms with Crippen molar-refractivity contribution >= 4 is 21.8 Å². The molecule has 5 heteroatoms. The number of nitrogens with zero attached hydrogens (tertiary/aromatic N) is 1. The molecular formula is C14H20BrNO3. The first-order valence-corrected chi connectivity index (χ1v) is 6.85. The van der Waals surface area contributed by atoms with Crippen molar-refractivity contribution in [2.45, 2.75) is 13.8 Å². The first kappa shape index (κ1) is 16.1. The molecule has 0 aliphatic carbocycles. The largest absolute Gasteiger partial charge is 0.396 e. The van der Waals surface area contributed by atoms with Gasteiger partial charge in [-0.1, -0.05) is 22.9 Å². The first-order chi connectivity index (χ1) is 8.83. The van der Waals surface area contributed by atoms with Gasteiger partial charge in [-0.15, -0.1) is 0 Å². The highest BCUT2D eigenvalue weighted by molar-refractivity contribution is 9.10. The van der Waals surface area contributed by atoms with E-state index in [1.165, 1.54) is 4.90 Å². The van der Waals surface area contributed by atoms with Gasteiger partial charge in [0.2, 0.25) is 0 Å². The van der Waals surface area contributed by atoms with Crippen LogP contribution < -0.4 is 0 Å². The summed E-state index contributed by atoms with van der Waals surface area (Å²) in [6, 6.07) is 5.48. The maximum absolute atomic E-state index is 12.3. The minimum atomic E-state index is -0.687. The Labute approximate surface area is 122 Å². The molecule has 0 aliphatic heterocycles. The van der Waals surface area contributed by atoms with Crippen LogP contribution in [0.3, 0.4) is 0 Å². The zero-order valence-electron chi connectivity index (χ0n) is 11.5. The number of hydrogen-bond acceptors (Lipinski definition) is 3. The fourth-order valence-corrected chi connectivity index (χ4v) is 2.34. The Morgan fingerprint density at radius 2 is 1.95 bits per heavy atom. The predicted octanol–water partition coefficient (Wildman–Crippen LogP) is 1.82. The van der Waals surface area contributed by atoms with E-state index in [2.05, 4.69) is 15.9 Å². The van der Waals surface area contributed by atoms with Crippen molar-refractivity contribution in [3.05, 3.63) is 33.8 Å². The number of carbonyl (C=O) groups excluding carboxylic acids is 1. The van der Waals surface area contributed by atoms with Gasteiger partial charge in [-0.3, -0.25) is 4.79 Å². The van der Waals surface area contributed by atoms with E-state index >= 15 is 0 Å². The third-order valence-corrected chi connectivity index (χ3v) is 3.64. The van der Waals surface area contributed by atoms with E-state index in [4.69, 9.17) is 0 Å². The van der Waals surface area contributed by atoms with Gasteiger partial charge in [-0.05, 0) is 30.7 Å². The summed E-state index contributed by atoms with van der Waals surface area (Å²) in [5, 5.41) is 18.5. The fourth-order valence-electron chi connectivity index (χ4n) is 1.87. The Morgan fingerprint density at radius 1 is 1.37 bits per heavy atom. The normalized spacial score (nSPS) is 11.5. The van der Waals surface area contributed by atoms with Crippen molar-refractivity contribution in [1.29, 1.82) is 0 Å². The molecule has 0 spiro atoms. The van der Waals surface area contributed by atoms with Crippen molar-refractivity contribution < 1.29 is 15.0 Å². The molecule has 0 heterocycles. The van der Waals surface area contributed by atoms with Gasteiger partial charge in [-0.25, -0.2) is 0 Å². The highest BCUT2D eigenvalue weighted by atomic mass is 79.9. The van der Waals surface area contributed by atoms with Crippen molar-refractivity contribution in [3.63, 3.8) is 0 Å². The number of aliphatic hydroxyl groups excluding tert-OH is 2.